The van der Waals surface area contributed by atoms with Crippen LogP contribution in [0.2, 0.25) is 0 Å². The van der Waals surface area contributed by atoms with Crippen LogP contribution in [0.15, 0.2) is 24.3 Å². The van der Waals surface area contributed by atoms with E-state index in [1.165, 1.54) is 0 Å². The van der Waals surface area contributed by atoms with Crippen LogP contribution >= 0.6 is 0 Å². The number of nitrogens with zero attached hydrogens (tertiary/aromatic N) is 4. The summed E-state index contributed by atoms with van der Waals surface area (Å²) in [6, 6.07) is 6.28. The SMILES string of the molecule is CC(C)(C)OC(=O)Nc1ccc(C#CC#Cc2ccc(NC(=O)OC(C)(C)C)nn2)nn1. The molecule has 0 aliphatic rings. The minimum absolute atomic E-state index is 0.242. The van der Waals surface area contributed by atoms with Crippen molar-refractivity contribution in [2.75, 3.05) is 10.6 Å². The van der Waals surface area contributed by atoms with E-state index in [9.17, 15) is 9.59 Å². The number of rotatable bonds is 2. The molecule has 0 aliphatic heterocycles. The molecular formula is C22H24N6O4. The van der Waals surface area contributed by atoms with E-state index in [0.29, 0.717) is 11.4 Å². The van der Waals surface area contributed by atoms with Crippen molar-refractivity contribution in [3.8, 4) is 23.7 Å². The van der Waals surface area contributed by atoms with Crippen LogP contribution in [0.1, 0.15) is 52.9 Å². The van der Waals surface area contributed by atoms with E-state index in [1.807, 2.05) is 0 Å². The highest BCUT2D eigenvalue weighted by molar-refractivity contribution is 5.84. The summed E-state index contributed by atoms with van der Waals surface area (Å²) in [5.41, 5.74) is -0.476. The molecule has 0 saturated heterocycles. The van der Waals surface area contributed by atoms with E-state index in [4.69, 9.17) is 9.47 Å². The van der Waals surface area contributed by atoms with Gasteiger partial charge in [-0.1, -0.05) is 0 Å². The largest absolute Gasteiger partial charge is 0.444 e. The maximum Gasteiger partial charge on any atom is 0.413 e. The Morgan fingerprint density at radius 1 is 0.688 bits per heavy atom. The molecule has 0 saturated carbocycles. The van der Waals surface area contributed by atoms with E-state index in [0.717, 1.165) is 0 Å². The van der Waals surface area contributed by atoms with Gasteiger partial charge in [0.05, 0.1) is 0 Å². The molecule has 0 fully saturated rings. The van der Waals surface area contributed by atoms with Crippen molar-refractivity contribution in [2.24, 2.45) is 0 Å². The van der Waals surface area contributed by atoms with Gasteiger partial charge in [0.15, 0.2) is 11.6 Å². The average Bonchev–Trinajstić information content (AvgIpc) is 2.64. The average molecular weight is 436 g/mol. The Morgan fingerprint density at radius 2 is 1.06 bits per heavy atom. The minimum Gasteiger partial charge on any atom is -0.444 e. The zero-order valence-electron chi connectivity index (χ0n) is 18.7. The second-order valence-corrected chi connectivity index (χ2v) is 8.36. The molecule has 0 aromatic carbocycles. The van der Waals surface area contributed by atoms with Gasteiger partial charge in [0.2, 0.25) is 0 Å². The number of nitrogens with one attached hydrogen (secondary N) is 2. The summed E-state index contributed by atoms with van der Waals surface area (Å²) in [5, 5.41) is 20.5. The molecule has 2 heterocycles. The monoisotopic (exact) mass is 436 g/mol. The molecule has 2 amide bonds. The topological polar surface area (TPSA) is 128 Å². The van der Waals surface area contributed by atoms with Gasteiger partial charge in [-0.05, 0) is 89.5 Å². The smallest absolute Gasteiger partial charge is 0.413 e. The van der Waals surface area contributed by atoms with E-state index in [2.05, 4.69) is 54.7 Å². The Morgan fingerprint density at radius 3 is 1.34 bits per heavy atom. The molecule has 166 valence electrons. The van der Waals surface area contributed by atoms with Crippen molar-refractivity contribution in [3.05, 3.63) is 35.7 Å². The Hall–Kier alpha value is -4.18. The first-order chi connectivity index (χ1) is 14.9. The molecular weight excluding hydrogens is 412 g/mol. The summed E-state index contributed by atoms with van der Waals surface area (Å²) in [6.07, 6.45) is -1.24. The molecule has 0 spiro atoms. The molecule has 0 bridgehead atoms. The molecule has 2 aromatic heterocycles. The molecule has 2 rings (SSSR count). The van der Waals surface area contributed by atoms with E-state index in [-0.39, 0.29) is 11.6 Å². The fraction of sp³-hybridized carbons (Fsp3) is 0.364. The lowest BCUT2D eigenvalue weighted by molar-refractivity contribution is 0.0623. The first-order valence-electron chi connectivity index (χ1n) is 9.59. The maximum atomic E-state index is 11.7. The Bertz CT molecular complexity index is 987. The van der Waals surface area contributed by atoms with Gasteiger partial charge in [-0.2, -0.15) is 0 Å². The van der Waals surface area contributed by atoms with Crippen molar-refractivity contribution in [3.63, 3.8) is 0 Å². The van der Waals surface area contributed by atoms with E-state index < -0.39 is 23.4 Å². The van der Waals surface area contributed by atoms with Crippen LogP contribution < -0.4 is 10.6 Å². The molecule has 2 aromatic rings. The predicted molar refractivity (Wildman–Crippen MR) is 118 cm³/mol. The van der Waals surface area contributed by atoms with Crippen molar-refractivity contribution < 1.29 is 19.1 Å². The zero-order valence-corrected chi connectivity index (χ0v) is 18.7. The normalized spacial score (nSPS) is 10.6. The van der Waals surface area contributed by atoms with Crippen molar-refractivity contribution in [2.45, 2.75) is 52.7 Å². The molecule has 0 radical (unpaired) electrons. The lowest BCUT2D eigenvalue weighted by atomic mass is 10.2. The molecule has 2 N–H and O–H groups in total. The molecule has 10 nitrogen and oxygen atoms in total. The van der Waals surface area contributed by atoms with Gasteiger partial charge in [-0.25, -0.2) is 9.59 Å². The third-order valence-corrected chi connectivity index (χ3v) is 3.03. The Balaban J connectivity index is 1.90. The van der Waals surface area contributed by atoms with E-state index in [1.54, 1.807) is 65.8 Å². The Kier molecular flexibility index (Phi) is 7.70. The molecule has 0 unspecified atom stereocenters. The second-order valence-electron chi connectivity index (χ2n) is 8.36. The van der Waals surface area contributed by atoms with Gasteiger partial charge in [0.1, 0.15) is 22.6 Å². The van der Waals surface area contributed by atoms with Crippen LogP contribution in [-0.4, -0.2) is 43.8 Å². The van der Waals surface area contributed by atoms with Gasteiger partial charge in [0.25, 0.3) is 0 Å². The van der Waals surface area contributed by atoms with Gasteiger partial charge in [0, 0.05) is 0 Å². The van der Waals surface area contributed by atoms with Crippen LogP contribution in [0.4, 0.5) is 21.2 Å². The lowest BCUT2D eigenvalue weighted by Crippen LogP contribution is -2.27. The number of hydrogen-bond acceptors (Lipinski definition) is 8. The number of hydrogen-bond donors (Lipinski definition) is 2. The van der Waals surface area contributed by atoms with Crippen molar-refractivity contribution in [1.82, 2.24) is 20.4 Å². The number of carbonyl (C=O) groups is 2. The quantitative estimate of drug-likeness (QED) is 0.686. The third-order valence-electron chi connectivity index (χ3n) is 3.03. The van der Waals surface area contributed by atoms with Crippen LogP contribution in [0, 0.1) is 23.7 Å². The molecule has 0 atom stereocenters. The summed E-state index contributed by atoms with van der Waals surface area (Å²) in [5.74, 6) is 11.2. The van der Waals surface area contributed by atoms with Crippen LogP contribution in [-0.2, 0) is 9.47 Å². The number of aromatic nitrogens is 4. The highest BCUT2D eigenvalue weighted by Crippen LogP contribution is 2.10. The lowest BCUT2D eigenvalue weighted by Gasteiger charge is -2.19. The summed E-state index contributed by atoms with van der Waals surface area (Å²) in [7, 11) is 0. The van der Waals surface area contributed by atoms with Gasteiger partial charge in [-0.15, -0.1) is 20.4 Å². The zero-order chi connectivity index (χ0) is 23.8. The molecule has 10 heteroatoms. The maximum absolute atomic E-state index is 11.7. The van der Waals surface area contributed by atoms with Crippen molar-refractivity contribution in [1.29, 1.82) is 0 Å². The number of amides is 2. The van der Waals surface area contributed by atoms with E-state index >= 15 is 0 Å². The van der Waals surface area contributed by atoms with Crippen molar-refractivity contribution >= 4 is 23.8 Å². The first kappa shape index (κ1) is 24.1. The number of carbonyl (C=O) groups excluding carboxylic acids is 2. The highest BCUT2D eigenvalue weighted by Gasteiger charge is 2.17. The fourth-order valence-corrected chi connectivity index (χ4v) is 1.94. The molecule has 0 aliphatic carbocycles. The number of anilines is 2. The van der Waals surface area contributed by atoms with Crippen LogP contribution in [0.25, 0.3) is 0 Å². The first-order valence-corrected chi connectivity index (χ1v) is 9.59. The number of ether oxygens (including phenoxy) is 2. The van der Waals surface area contributed by atoms with Gasteiger partial charge in [-0.3, -0.25) is 10.6 Å². The molecule has 32 heavy (non-hydrogen) atoms. The summed E-state index contributed by atoms with van der Waals surface area (Å²) in [6.45, 7) is 10.6. The fourth-order valence-electron chi connectivity index (χ4n) is 1.94. The van der Waals surface area contributed by atoms with Gasteiger partial charge >= 0.3 is 12.2 Å². The third kappa shape index (κ3) is 9.55. The summed E-state index contributed by atoms with van der Waals surface area (Å²) >= 11 is 0. The Labute approximate surface area is 186 Å². The standard InChI is InChI=1S/C22H24N6O4/c1-21(2,3)31-19(29)23-17-13-11-15(25-27-17)9-7-8-10-16-12-14-18(28-26-16)24-20(30)32-22(4,5)6/h11-14H,1-6H3,(H,23,27,29)(H,24,28,30). The van der Waals surface area contributed by atoms with Crippen LogP contribution in [0.5, 0.6) is 0 Å². The highest BCUT2D eigenvalue weighted by atomic mass is 16.6. The summed E-state index contributed by atoms with van der Waals surface area (Å²) < 4.78 is 10.3. The summed E-state index contributed by atoms with van der Waals surface area (Å²) in [4.78, 5) is 23.4. The minimum atomic E-state index is -0.620. The predicted octanol–water partition coefficient (Wildman–Crippen LogP) is 3.36. The van der Waals surface area contributed by atoms with Gasteiger partial charge < -0.3 is 9.47 Å². The second kappa shape index (κ2) is 10.2. The van der Waals surface area contributed by atoms with Crippen LogP contribution in [0.3, 0.4) is 0 Å².